The zero-order valence-electron chi connectivity index (χ0n) is 28.8. The summed E-state index contributed by atoms with van der Waals surface area (Å²) in [5.74, 6) is -3.44. The third kappa shape index (κ3) is 6.67. The number of esters is 1. The van der Waals surface area contributed by atoms with Crippen LogP contribution in [0.2, 0.25) is 0 Å². The number of hydrogen-bond donors (Lipinski definition) is 2. The van der Waals surface area contributed by atoms with Gasteiger partial charge in [-0.2, -0.15) is 0 Å². The van der Waals surface area contributed by atoms with E-state index in [4.69, 9.17) is 9.47 Å². The highest BCUT2D eigenvalue weighted by molar-refractivity contribution is 9.11. The van der Waals surface area contributed by atoms with E-state index in [2.05, 4.69) is 21.2 Å². The Hall–Kier alpha value is -3.80. The Morgan fingerprint density at radius 3 is 2.36 bits per heavy atom. The Labute approximate surface area is 302 Å². The van der Waals surface area contributed by atoms with Gasteiger partial charge >= 0.3 is 5.97 Å². The predicted molar refractivity (Wildman–Crippen MR) is 192 cm³/mol. The van der Waals surface area contributed by atoms with Gasteiger partial charge in [0.15, 0.2) is 0 Å². The Morgan fingerprint density at radius 2 is 1.64 bits per heavy atom. The number of aryl methyl sites for hydroxylation is 2. The lowest BCUT2D eigenvalue weighted by molar-refractivity contribution is -0.161. The summed E-state index contributed by atoms with van der Waals surface area (Å²) in [5, 5.41) is 12.3. The number of cyclic esters (lactones) is 1. The number of benzene rings is 2. The fraction of sp³-hybridized carbons (Fsp3) is 0.487. The monoisotopic (exact) mass is 747 g/mol. The molecule has 266 valence electrons. The molecule has 0 radical (unpaired) electrons. The number of allylic oxidation sites excluding steroid dienone is 1. The number of carbonyl (C=O) groups is 4. The highest BCUT2D eigenvalue weighted by Crippen LogP contribution is 2.59. The number of aliphatic hydroxyl groups is 1. The summed E-state index contributed by atoms with van der Waals surface area (Å²) in [6, 6.07) is 13.5. The van der Waals surface area contributed by atoms with Crippen LogP contribution < -0.4 is 10.2 Å². The van der Waals surface area contributed by atoms with Crippen molar-refractivity contribution in [2.24, 2.45) is 11.8 Å². The lowest BCUT2D eigenvalue weighted by atomic mass is 9.74. The molecule has 4 heterocycles. The van der Waals surface area contributed by atoms with E-state index in [1.807, 2.05) is 80.6 Å². The van der Waals surface area contributed by atoms with Gasteiger partial charge in [0.2, 0.25) is 11.8 Å². The molecule has 2 aromatic rings. The van der Waals surface area contributed by atoms with Crippen molar-refractivity contribution in [3.63, 3.8) is 0 Å². The van der Waals surface area contributed by atoms with Crippen LogP contribution in [0.3, 0.4) is 0 Å². The number of amides is 3. The van der Waals surface area contributed by atoms with Crippen LogP contribution in [0, 0.1) is 25.7 Å². The number of hydrogen-bond acceptors (Lipinski definition) is 7. The number of ether oxygens (including phenoxy) is 2. The standard InChI is InChI=1S/C39H46BrN3O7/c1-24-15-14-16-25(2)32(24)42-20-12-7-10-19-29(45)41-26(3)33(27-17-8-6-9-18-27)49-38(48)30-31-36(46)43(21-11-4-5-13-22-44)35(37(42)47)39(31)23-28(40)34(30)50-39/h6-9,12,14-18,23,26,30-31,33-35,44H,4-5,10-11,13,19-22H2,1-3H3,(H,41,45)/b12-7-/t26-,30+,31-,33+,34+,35+,39-/m1/s1. The number of aliphatic hydroxyl groups excluding tert-OH is 1. The number of anilines is 1. The first-order chi connectivity index (χ1) is 24.1. The number of fused-ring (bicyclic) bond motifs is 2. The van der Waals surface area contributed by atoms with Crippen LogP contribution in [-0.2, 0) is 28.7 Å². The van der Waals surface area contributed by atoms with Gasteiger partial charge in [-0.05, 0) is 62.8 Å². The molecular weight excluding hydrogens is 702 g/mol. The highest BCUT2D eigenvalue weighted by Gasteiger charge is 2.75. The number of nitrogens with one attached hydrogen (secondary N) is 1. The van der Waals surface area contributed by atoms with E-state index in [-0.39, 0.29) is 37.3 Å². The molecule has 2 aromatic carbocycles. The van der Waals surface area contributed by atoms with Crippen molar-refractivity contribution in [3.05, 3.63) is 87.9 Å². The number of carbonyl (C=O) groups excluding carboxylic acids is 4. The zero-order chi connectivity index (χ0) is 35.6. The second kappa shape index (κ2) is 15.2. The fourth-order valence-electron chi connectivity index (χ4n) is 8.14. The molecule has 1 spiro atoms. The van der Waals surface area contributed by atoms with Gasteiger partial charge in [-0.15, -0.1) is 0 Å². The van der Waals surface area contributed by atoms with Crippen LogP contribution in [-0.4, -0.2) is 77.2 Å². The average molecular weight is 749 g/mol. The lowest BCUT2D eigenvalue weighted by Gasteiger charge is -2.36. The van der Waals surface area contributed by atoms with Gasteiger partial charge in [0.25, 0.3) is 5.91 Å². The molecule has 2 fully saturated rings. The maximum absolute atomic E-state index is 15.2. The largest absolute Gasteiger partial charge is 0.455 e. The fourth-order valence-corrected chi connectivity index (χ4v) is 8.88. The number of halogens is 1. The molecule has 7 atom stereocenters. The molecule has 0 aromatic heterocycles. The van der Waals surface area contributed by atoms with Gasteiger partial charge in [0.05, 0.1) is 12.0 Å². The van der Waals surface area contributed by atoms with E-state index in [1.54, 1.807) is 16.7 Å². The first kappa shape index (κ1) is 36.0. The number of unbranched alkanes of at least 4 members (excludes halogenated alkanes) is 3. The van der Waals surface area contributed by atoms with Crippen LogP contribution in [0.5, 0.6) is 0 Å². The molecule has 10 nitrogen and oxygen atoms in total. The van der Waals surface area contributed by atoms with Gasteiger partial charge in [-0.3, -0.25) is 19.2 Å². The Balaban J connectivity index is 1.46. The molecule has 0 aliphatic carbocycles. The SMILES string of the molecule is Cc1cccc(C)c1N1C/C=C\CCC(=O)N[C@H](C)[C@@H](c2ccccc2)OC(=O)[C@@H]2[C@H]3O[C@@]4(C=C3Br)[C@H](C1=O)N(CCCCCCO)C(=O)[C@@H]24. The third-order valence-corrected chi connectivity index (χ3v) is 11.1. The number of nitrogens with zero attached hydrogens (tertiary/aromatic N) is 2. The Bertz CT molecular complexity index is 1660. The van der Waals surface area contributed by atoms with E-state index in [0.717, 1.165) is 29.7 Å². The quantitative estimate of drug-likeness (QED) is 0.216. The van der Waals surface area contributed by atoms with Crippen LogP contribution in [0.15, 0.2) is 71.2 Å². The maximum Gasteiger partial charge on any atom is 0.313 e. The van der Waals surface area contributed by atoms with Crippen LogP contribution in [0.1, 0.15) is 68.2 Å². The molecule has 6 rings (SSSR count). The molecule has 4 aliphatic rings. The molecule has 3 amide bonds. The minimum absolute atomic E-state index is 0.0946. The van der Waals surface area contributed by atoms with Crippen molar-refractivity contribution in [1.82, 2.24) is 10.2 Å². The first-order valence-corrected chi connectivity index (χ1v) is 18.4. The minimum atomic E-state index is -1.40. The lowest BCUT2D eigenvalue weighted by Crippen LogP contribution is -2.56. The number of para-hydroxylation sites is 1. The second-order valence-electron chi connectivity index (χ2n) is 13.8. The van der Waals surface area contributed by atoms with Crippen molar-refractivity contribution in [2.45, 2.75) is 89.2 Å². The van der Waals surface area contributed by atoms with E-state index in [9.17, 15) is 19.5 Å². The van der Waals surface area contributed by atoms with Gasteiger partial charge in [0.1, 0.15) is 29.8 Å². The van der Waals surface area contributed by atoms with Crippen molar-refractivity contribution in [2.75, 3.05) is 24.6 Å². The second-order valence-corrected chi connectivity index (χ2v) is 14.7. The van der Waals surface area contributed by atoms with Crippen LogP contribution in [0.25, 0.3) is 0 Å². The van der Waals surface area contributed by atoms with E-state index in [1.165, 1.54) is 0 Å². The molecule has 5 bridgehead atoms. The van der Waals surface area contributed by atoms with Gasteiger partial charge in [-0.25, -0.2) is 0 Å². The molecule has 4 aliphatic heterocycles. The topological polar surface area (TPSA) is 125 Å². The van der Waals surface area contributed by atoms with E-state index >= 15 is 4.79 Å². The summed E-state index contributed by atoms with van der Waals surface area (Å²) in [6.07, 6.45) is 7.48. The van der Waals surface area contributed by atoms with Crippen LogP contribution >= 0.6 is 15.9 Å². The van der Waals surface area contributed by atoms with Crippen molar-refractivity contribution < 1.29 is 33.8 Å². The molecule has 0 saturated carbocycles. The molecule has 0 unspecified atom stereocenters. The van der Waals surface area contributed by atoms with Gasteiger partial charge < -0.3 is 29.7 Å². The van der Waals surface area contributed by atoms with Crippen molar-refractivity contribution in [3.8, 4) is 0 Å². The summed E-state index contributed by atoms with van der Waals surface area (Å²) in [7, 11) is 0. The summed E-state index contributed by atoms with van der Waals surface area (Å²) in [6.45, 7) is 6.32. The van der Waals surface area contributed by atoms with Crippen molar-refractivity contribution >= 4 is 45.3 Å². The minimum Gasteiger partial charge on any atom is -0.455 e. The summed E-state index contributed by atoms with van der Waals surface area (Å²) in [5.41, 5.74) is 1.86. The van der Waals surface area contributed by atoms with Gasteiger partial charge in [0, 0.05) is 36.3 Å². The van der Waals surface area contributed by atoms with E-state index < -0.39 is 47.7 Å². The Kier molecular flexibility index (Phi) is 11.0. The summed E-state index contributed by atoms with van der Waals surface area (Å²) < 4.78 is 13.6. The normalized spacial score (nSPS) is 30.6. The molecule has 11 heteroatoms. The predicted octanol–water partition coefficient (Wildman–Crippen LogP) is 5.20. The third-order valence-electron chi connectivity index (χ3n) is 10.4. The number of likely N-dealkylation sites (tertiary alicyclic amines) is 1. The van der Waals surface area contributed by atoms with Gasteiger partial charge in [-0.1, -0.05) is 89.5 Å². The maximum atomic E-state index is 15.2. The molecule has 2 saturated heterocycles. The summed E-state index contributed by atoms with van der Waals surface area (Å²) in [4.78, 5) is 60.7. The molecular formula is C39H46BrN3O7. The highest BCUT2D eigenvalue weighted by atomic mass is 79.9. The summed E-state index contributed by atoms with van der Waals surface area (Å²) >= 11 is 3.64. The smallest absolute Gasteiger partial charge is 0.313 e. The molecule has 50 heavy (non-hydrogen) atoms. The number of rotatable bonds is 8. The first-order valence-electron chi connectivity index (χ1n) is 17.6. The van der Waals surface area contributed by atoms with E-state index in [0.29, 0.717) is 35.9 Å². The Morgan fingerprint density at radius 1 is 0.920 bits per heavy atom. The van der Waals surface area contributed by atoms with Crippen LogP contribution in [0.4, 0.5) is 5.69 Å². The average Bonchev–Trinajstić information content (AvgIpc) is 3.68. The zero-order valence-corrected chi connectivity index (χ0v) is 30.4. The molecule has 2 N–H and O–H groups in total. The van der Waals surface area contributed by atoms with Crippen molar-refractivity contribution in [1.29, 1.82) is 0 Å².